The molecule has 0 aliphatic carbocycles. The molecular formula is C37H59N3O10. The molecule has 0 aliphatic heterocycles. The van der Waals surface area contributed by atoms with E-state index in [0.29, 0.717) is 0 Å². The van der Waals surface area contributed by atoms with Crippen LogP contribution in [0.25, 0.3) is 0 Å². The largest absolute Gasteiger partial charge is 0.458 e. The van der Waals surface area contributed by atoms with Crippen LogP contribution in [0.2, 0.25) is 0 Å². The number of amides is 2. The summed E-state index contributed by atoms with van der Waals surface area (Å²) in [6, 6.07) is 7.01. The van der Waals surface area contributed by atoms with Crippen LogP contribution in [0.5, 0.6) is 0 Å². The fourth-order valence-corrected chi connectivity index (χ4v) is 4.42. The molecule has 282 valence electrons. The van der Waals surface area contributed by atoms with Gasteiger partial charge in [-0.3, -0.25) is 14.5 Å². The first-order chi connectivity index (χ1) is 22.7. The molecule has 1 rings (SSSR count). The van der Waals surface area contributed by atoms with Crippen LogP contribution in [0.1, 0.15) is 114 Å². The Hall–Kier alpha value is -4.00. The van der Waals surface area contributed by atoms with Crippen molar-refractivity contribution in [2.45, 2.75) is 150 Å². The van der Waals surface area contributed by atoms with Gasteiger partial charge in [-0.05, 0) is 101 Å². The topological polar surface area (TPSA) is 167 Å². The van der Waals surface area contributed by atoms with Gasteiger partial charge >= 0.3 is 24.1 Å². The molecule has 13 heteroatoms. The zero-order valence-corrected chi connectivity index (χ0v) is 32.0. The quantitative estimate of drug-likeness (QED) is 0.161. The van der Waals surface area contributed by atoms with Crippen LogP contribution in [-0.2, 0) is 44.7 Å². The van der Waals surface area contributed by atoms with E-state index < -0.39 is 58.6 Å². The van der Waals surface area contributed by atoms with Crippen molar-refractivity contribution >= 4 is 35.7 Å². The molecule has 0 spiro atoms. The molecule has 2 atom stereocenters. The smallest absolute Gasteiger partial charge is 0.408 e. The normalized spacial score (nSPS) is 13.5. The van der Waals surface area contributed by atoms with Crippen LogP contribution in [-0.4, -0.2) is 88.2 Å². The summed E-state index contributed by atoms with van der Waals surface area (Å²) in [4.78, 5) is 79.2. The number of Topliss-reactive ketones (excluding diaryl/α,β-unsaturated/α-hetero) is 2. The maximum Gasteiger partial charge on any atom is 0.408 e. The van der Waals surface area contributed by atoms with Crippen molar-refractivity contribution in [3.8, 4) is 0 Å². The Kier molecular flexibility index (Phi) is 16.6. The van der Waals surface area contributed by atoms with Crippen molar-refractivity contribution in [2.75, 3.05) is 13.1 Å². The second-order valence-corrected chi connectivity index (χ2v) is 16.3. The van der Waals surface area contributed by atoms with Gasteiger partial charge in [0.05, 0.1) is 13.1 Å². The first kappa shape index (κ1) is 44.0. The molecule has 0 radical (unpaired) electrons. The number of ether oxygens (including phenoxy) is 4. The number of alkyl carbamates (subject to hydrolysis) is 2. The van der Waals surface area contributed by atoms with Crippen molar-refractivity contribution in [3.63, 3.8) is 0 Å². The van der Waals surface area contributed by atoms with Crippen LogP contribution in [0, 0.1) is 0 Å². The second-order valence-electron chi connectivity index (χ2n) is 16.3. The summed E-state index contributed by atoms with van der Waals surface area (Å²) in [5.41, 5.74) is -2.40. The summed E-state index contributed by atoms with van der Waals surface area (Å²) in [6.07, 6.45) is -1.92. The number of benzene rings is 1. The van der Waals surface area contributed by atoms with Gasteiger partial charge in [-0.2, -0.15) is 0 Å². The van der Waals surface area contributed by atoms with Gasteiger partial charge in [-0.15, -0.1) is 0 Å². The highest BCUT2D eigenvalue weighted by Crippen LogP contribution is 2.16. The molecule has 0 fully saturated rings. The van der Waals surface area contributed by atoms with Gasteiger partial charge in [-0.25, -0.2) is 19.2 Å². The number of carbonyl (C=O) groups is 6. The van der Waals surface area contributed by atoms with Gasteiger partial charge in [0.1, 0.15) is 46.1 Å². The average molecular weight is 706 g/mol. The second kappa shape index (κ2) is 18.8. The number of hydrogen-bond acceptors (Lipinski definition) is 11. The number of carbonyl (C=O) groups excluding carboxylic acids is 6. The summed E-state index contributed by atoms with van der Waals surface area (Å²) in [6.45, 7) is 20.3. The summed E-state index contributed by atoms with van der Waals surface area (Å²) in [5, 5.41) is 5.04. The molecular weight excluding hydrogens is 646 g/mol. The Morgan fingerprint density at radius 3 is 1.22 bits per heavy atom. The minimum atomic E-state index is -1.14. The maximum atomic E-state index is 13.3. The van der Waals surface area contributed by atoms with Crippen molar-refractivity contribution in [1.82, 2.24) is 15.5 Å². The number of esters is 2. The number of nitrogens with one attached hydrogen (secondary N) is 2. The standard InChI is InChI=1S/C37H59N3O10/c1-34(2,3)47-30(43)28(38-32(45)49-36(7,8)9)20-18-26(41)23-40(22-25-16-14-13-15-17-25)24-27(42)19-21-29(31(44)48-35(4,5)6)39-33(46)50-37(10,11)12/h13-17,28-29H,18-24H2,1-12H3,(H,38,45)(H,39,46)/t28-,29-/m1/s1. The van der Waals surface area contributed by atoms with E-state index >= 15 is 0 Å². The number of rotatable bonds is 16. The molecule has 13 nitrogen and oxygen atoms in total. The van der Waals surface area contributed by atoms with Gasteiger partial charge in [0, 0.05) is 19.4 Å². The number of ketones is 2. The van der Waals surface area contributed by atoms with Crippen LogP contribution in [0.3, 0.4) is 0 Å². The highest BCUT2D eigenvalue weighted by molar-refractivity contribution is 5.86. The summed E-state index contributed by atoms with van der Waals surface area (Å²) in [5.74, 6) is -1.95. The first-order valence-electron chi connectivity index (χ1n) is 17.0. The van der Waals surface area contributed by atoms with E-state index in [1.807, 2.05) is 30.3 Å². The molecule has 0 aliphatic rings. The zero-order valence-electron chi connectivity index (χ0n) is 32.0. The summed E-state index contributed by atoms with van der Waals surface area (Å²) >= 11 is 0. The zero-order chi connectivity index (χ0) is 38.5. The molecule has 0 unspecified atom stereocenters. The predicted molar refractivity (Wildman–Crippen MR) is 188 cm³/mol. The SMILES string of the molecule is CC(C)(C)OC(=O)N[C@H](CCC(=O)CN(CC(=O)CC[C@@H](NC(=O)OC(C)(C)C)C(=O)OC(C)(C)C)Cc1ccccc1)C(=O)OC(C)(C)C. The molecule has 1 aromatic rings. The third-order valence-corrected chi connectivity index (χ3v) is 6.24. The molecule has 0 saturated heterocycles. The Balaban J connectivity index is 3.06. The molecule has 0 heterocycles. The Morgan fingerprint density at radius 2 is 0.900 bits per heavy atom. The highest BCUT2D eigenvalue weighted by Gasteiger charge is 2.31. The third kappa shape index (κ3) is 21.2. The summed E-state index contributed by atoms with van der Waals surface area (Å²) < 4.78 is 21.5. The molecule has 2 N–H and O–H groups in total. The lowest BCUT2D eigenvalue weighted by molar-refractivity contribution is -0.158. The van der Waals surface area contributed by atoms with Gasteiger partial charge in [0.25, 0.3) is 0 Å². The lowest BCUT2D eigenvalue weighted by atomic mass is 10.1. The molecule has 1 aromatic carbocycles. The fourth-order valence-electron chi connectivity index (χ4n) is 4.42. The highest BCUT2D eigenvalue weighted by atomic mass is 16.6. The lowest BCUT2D eigenvalue weighted by Gasteiger charge is -2.27. The van der Waals surface area contributed by atoms with Crippen LogP contribution < -0.4 is 10.6 Å². The van der Waals surface area contributed by atoms with Crippen LogP contribution in [0.15, 0.2) is 30.3 Å². The molecule has 0 bridgehead atoms. The van der Waals surface area contributed by atoms with E-state index in [1.165, 1.54) is 0 Å². The van der Waals surface area contributed by atoms with Gasteiger partial charge in [-0.1, -0.05) is 30.3 Å². The van der Waals surface area contributed by atoms with Crippen LogP contribution >= 0.6 is 0 Å². The monoisotopic (exact) mass is 705 g/mol. The van der Waals surface area contributed by atoms with Crippen molar-refractivity contribution in [1.29, 1.82) is 0 Å². The maximum absolute atomic E-state index is 13.3. The average Bonchev–Trinajstić information content (AvgIpc) is 2.89. The molecule has 0 saturated carbocycles. The van der Waals surface area contributed by atoms with Crippen molar-refractivity contribution < 1.29 is 47.7 Å². The number of hydrogen-bond donors (Lipinski definition) is 2. The van der Waals surface area contributed by atoms with Gasteiger partial charge < -0.3 is 29.6 Å². The predicted octanol–water partition coefficient (Wildman–Crippen LogP) is 5.66. The Labute approximate surface area is 297 Å². The Morgan fingerprint density at radius 1 is 0.560 bits per heavy atom. The molecule has 0 aromatic heterocycles. The lowest BCUT2D eigenvalue weighted by Crippen LogP contribution is -2.46. The minimum Gasteiger partial charge on any atom is -0.458 e. The fraction of sp³-hybridized carbons (Fsp3) is 0.676. The van der Waals surface area contributed by atoms with Crippen LogP contribution in [0.4, 0.5) is 9.59 Å². The van der Waals surface area contributed by atoms with E-state index in [-0.39, 0.29) is 56.9 Å². The first-order valence-corrected chi connectivity index (χ1v) is 17.0. The van der Waals surface area contributed by atoms with Gasteiger partial charge in [0.2, 0.25) is 0 Å². The van der Waals surface area contributed by atoms with E-state index in [2.05, 4.69) is 10.6 Å². The van der Waals surface area contributed by atoms with Crippen molar-refractivity contribution in [3.05, 3.63) is 35.9 Å². The molecule has 2 amide bonds. The third-order valence-electron chi connectivity index (χ3n) is 6.24. The summed E-state index contributed by atoms with van der Waals surface area (Å²) in [7, 11) is 0. The van der Waals surface area contributed by atoms with E-state index in [1.54, 1.807) is 88.0 Å². The Bertz CT molecular complexity index is 1220. The van der Waals surface area contributed by atoms with E-state index in [4.69, 9.17) is 18.9 Å². The van der Waals surface area contributed by atoms with E-state index in [9.17, 15) is 28.8 Å². The minimum absolute atomic E-state index is 0.0476. The van der Waals surface area contributed by atoms with Gasteiger partial charge in [0.15, 0.2) is 0 Å². The number of nitrogens with zero attached hydrogens (tertiary/aromatic N) is 1. The van der Waals surface area contributed by atoms with Crippen molar-refractivity contribution in [2.24, 2.45) is 0 Å². The van der Waals surface area contributed by atoms with E-state index in [0.717, 1.165) is 5.56 Å². The molecule has 50 heavy (non-hydrogen) atoms.